The summed E-state index contributed by atoms with van der Waals surface area (Å²) in [4.78, 5) is 0.257. The molecule has 0 aliphatic heterocycles. The lowest BCUT2D eigenvalue weighted by Crippen LogP contribution is -2.25. The van der Waals surface area contributed by atoms with Crippen LogP contribution in [0.1, 0.15) is 20.8 Å². The van der Waals surface area contributed by atoms with E-state index in [0.29, 0.717) is 13.2 Å². The van der Waals surface area contributed by atoms with Crippen LogP contribution < -0.4 is 0 Å². The van der Waals surface area contributed by atoms with Crippen LogP contribution in [0, 0.1) is 0 Å². The van der Waals surface area contributed by atoms with E-state index in [9.17, 15) is 0 Å². The molecule has 0 radical (unpaired) electrons. The molecule has 0 saturated carbocycles. The molecule has 0 aliphatic rings. The molecule has 0 aliphatic carbocycles. The summed E-state index contributed by atoms with van der Waals surface area (Å²) in [6, 6.07) is 0. The van der Waals surface area contributed by atoms with Gasteiger partial charge in [0.15, 0.2) is 6.29 Å². The Balaban J connectivity index is 3.50. The van der Waals surface area contributed by atoms with E-state index in [0.717, 1.165) is 0 Å². The van der Waals surface area contributed by atoms with Gasteiger partial charge in [0.25, 0.3) is 0 Å². The van der Waals surface area contributed by atoms with Crippen molar-refractivity contribution < 1.29 is 9.47 Å². The topological polar surface area (TPSA) is 18.5 Å². The SMILES string of the molecule is CCOC(OCC)[C@@H](C)Br. The first-order valence-electron chi connectivity index (χ1n) is 3.59. The monoisotopic (exact) mass is 210 g/mol. The van der Waals surface area contributed by atoms with Crippen LogP contribution in [0.2, 0.25) is 0 Å². The van der Waals surface area contributed by atoms with Crippen LogP contribution in [0.5, 0.6) is 0 Å². The number of hydrogen-bond acceptors (Lipinski definition) is 2. The third-order valence-electron chi connectivity index (χ3n) is 1.04. The molecule has 0 spiro atoms. The Bertz CT molecular complexity index is 70.0. The van der Waals surface area contributed by atoms with Crippen LogP contribution in [0.4, 0.5) is 0 Å². The molecule has 0 amide bonds. The number of rotatable bonds is 5. The van der Waals surface area contributed by atoms with Crippen molar-refractivity contribution in [1.82, 2.24) is 0 Å². The van der Waals surface area contributed by atoms with Crippen LogP contribution in [0.25, 0.3) is 0 Å². The highest BCUT2D eigenvalue weighted by molar-refractivity contribution is 9.09. The fourth-order valence-electron chi connectivity index (χ4n) is 0.642. The molecule has 0 bridgehead atoms. The average Bonchev–Trinajstić information content (AvgIpc) is 1.87. The minimum absolute atomic E-state index is 0.102. The van der Waals surface area contributed by atoms with Crippen LogP contribution in [-0.4, -0.2) is 24.3 Å². The zero-order valence-corrected chi connectivity index (χ0v) is 8.35. The number of hydrogen-bond donors (Lipinski definition) is 0. The zero-order valence-electron chi connectivity index (χ0n) is 6.76. The fourth-order valence-corrected chi connectivity index (χ4v) is 0.947. The maximum Gasteiger partial charge on any atom is 0.169 e. The predicted octanol–water partition coefficient (Wildman–Crippen LogP) is 2.17. The van der Waals surface area contributed by atoms with Gasteiger partial charge in [-0.2, -0.15) is 0 Å². The molecule has 10 heavy (non-hydrogen) atoms. The van der Waals surface area contributed by atoms with Gasteiger partial charge in [-0.15, -0.1) is 0 Å². The fraction of sp³-hybridized carbons (Fsp3) is 1.00. The number of ether oxygens (including phenoxy) is 2. The van der Waals surface area contributed by atoms with Gasteiger partial charge in [-0.05, 0) is 20.8 Å². The van der Waals surface area contributed by atoms with E-state index in [1.807, 2.05) is 20.8 Å². The van der Waals surface area contributed by atoms with Crippen molar-refractivity contribution in [3.05, 3.63) is 0 Å². The summed E-state index contributed by atoms with van der Waals surface area (Å²) in [5, 5.41) is 0. The minimum Gasteiger partial charge on any atom is -0.352 e. The first kappa shape index (κ1) is 10.4. The second-order valence-electron chi connectivity index (χ2n) is 1.96. The summed E-state index contributed by atoms with van der Waals surface area (Å²) >= 11 is 3.39. The van der Waals surface area contributed by atoms with Crippen molar-refractivity contribution in [2.24, 2.45) is 0 Å². The molecule has 0 fully saturated rings. The predicted molar refractivity (Wildman–Crippen MR) is 45.4 cm³/mol. The highest BCUT2D eigenvalue weighted by Crippen LogP contribution is 2.09. The molecule has 0 saturated heterocycles. The van der Waals surface area contributed by atoms with E-state index in [1.54, 1.807) is 0 Å². The molecule has 0 N–H and O–H groups in total. The van der Waals surface area contributed by atoms with Crippen LogP contribution >= 0.6 is 15.9 Å². The second-order valence-corrected chi connectivity index (χ2v) is 3.40. The molecule has 3 heteroatoms. The van der Waals surface area contributed by atoms with E-state index >= 15 is 0 Å². The molecular formula is C7H15BrO2. The summed E-state index contributed by atoms with van der Waals surface area (Å²) < 4.78 is 10.5. The second kappa shape index (κ2) is 6.13. The third kappa shape index (κ3) is 4.25. The van der Waals surface area contributed by atoms with Gasteiger partial charge in [0, 0.05) is 13.2 Å². The van der Waals surface area contributed by atoms with Crippen LogP contribution in [0.3, 0.4) is 0 Å². The van der Waals surface area contributed by atoms with E-state index in [2.05, 4.69) is 15.9 Å². The lowest BCUT2D eigenvalue weighted by atomic mass is 10.5. The van der Waals surface area contributed by atoms with Crippen molar-refractivity contribution in [3.8, 4) is 0 Å². The number of halogens is 1. The highest BCUT2D eigenvalue weighted by Gasteiger charge is 2.13. The molecule has 0 unspecified atom stereocenters. The standard InChI is InChI=1S/C7H15BrO2/c1-4-9-7(6(3)8)10-5-2/h6-7H,4-5H2,1-3H3/t6-/m1/s1. The molecular weight excluding hydrogens is 196 g/mol. The van der Waals surface area contributed by atoms with E-state index in [1.165, 1.54) is 0 Å². The Morgan fingerprint density at radius 1 is 1.20 bits per heavy atom. The van der Waals surface area contributed by atoms with Crippen molar-refractivity contribution in [2.75, 3.05) is 13.2 Å². The largest absolute Gasteiger partial charge is 0.352 e. The molecule has 0 aromatic carbocycles. The van der Waals surface area contributed by atoms with E-state index < -0.39 is 0 Å². The van der Waals surface area contributed by atoms with E-state index in [4.69, 9.17) is 9.47 Å². The van der Waals surface area contributed by atoms with Gasteiger partial charge in [-0.3, -0.25) is 0 Å². The van der Waals surface area contributed by atoms with Gasteiger partial charge in [-0.1, -0.05) is 15.9 Å². The molecule has 0 rings (SSSR count). The van der Waals surface area contributed by atoms with Gasteiger partial charge >= 0.3 is 0 Å². The first-order chi connectivity index (χ1) is 4.72. The Labute approximate surface area is 71.0 Å². The van der Waals surface area contributed by atoms with E-state index in [-0.39, 0.29) is 11.1 Å². The van der Waals surface area contributed by atoms with Crippen molar-refractivity contribution in [1.29, 1.82) is 0 Å². The van der Waals surface area contributed by atoms with Gasteiger partial charge in [-0.25, -0.2) is 0 Å². The van der Waals surface area contributed by atoms with Crippen molar-refractivity contribution in [2.45, 2.75) is 31.9 Å². The summed E-state index contributed by atoms with van der Waals surface area (Å²) in [5.41, 5.74) is 0. The summed E-state index contributed by atoms with van der Waals surface area (Å²) in [6.45, 7) is 7.32. The summed E-state index contributed by atoms with van der Waals surface area (Å²) in [6.07, 6.45) is -0.102. The Kier molecular flexibility index (Phi) is 6.38. The van der Waals surface area contributed by atoms with Gasteiger partial charge in [0.1, 0.15) is 0 Å². The lowest BCUT2D eigenvalue weighted by Gasteiger charge is -2.18. The Morgan fingerprint density at radius 3 is 1.80 bits per heavy atom. The first-order valence-corrected chi connectivity index (χ1v) is 4.51. The quantitative estimate of drug-likeness (QED) is 0.512. The molecule has 0 heterocycles. The summed E-state index contributed by atoms with van der Waals surface area (Å²) in [7, 11) is 0. The minimum atomic E-state index is -0.102. The molecule has 0 aromatic rings. The smallest absolute Gasteiger partial charge is 0.169 e. The normalized spacial score (nSPS) is 14.1. The van der Waals surface area contributed by atoms with Gasteiger partial charge in [0.2, 0.25) is 0 Å². The number of alkyl halides is 1. The Morgan fingerprint density at radius 2 is 1.60 bits per heavy atom. The zero-order chi connectivity index (χ0) is 7.98. The lowest BCUT2D eigenvalue weighted by molar-refractivity contribution is -0.132. The maximum atomic E-state index is 5.27. The van der Waals surface area contributed by atoms with Crippen LogP contribution in [0.15, 0.2) is 0 Å². The molecule has 62 valence electrons. The Hall–Kier alpha value is 0.400. The summed E-state index contributed by atoms with van der Waals surface area (Å²) in [5.74, 6) is 0. The van der Waals surface area contributed by atoms with Crippen molar-refractivity contribution in [3.63, 3.8) is 0 Å². The third-order valence-corrected chi connectivity index (χ3v) is 1.47. The molecule has 2 nitrogen and oxygen atoms in total. The molecule has 0 aromatic heterocycles. The van der Waals surface area contributed by atoms with Gasteiger partial charge in [0.05, 0.1) is 4.83 Å². The molecule has 1 atom stereocenters. The van der Waals surface area contributed by atoms with Crippen LogP contribution in [-0.2, 0) is 9.47 Å². The average molecular weight is 211 g/mol. The van der Waals surface area contributed by atoms with Crippen molar-refractivity contribution >= 4 is 15.9 Å². The van der Waals surface area contributed by atoms with Gasteiger partial charge < -0.3 is 9.47 Å². The highest BCUT2D eigenvalue weighted by atomic mass is 79.9. The maximum absolute atomic E-state index is 5.27.